The molecule has 2 heterocycles. The lowest BCUT2D eigenvalue weighted by Crippen LogP contribution is -2.23. The van der Waals surface area contributed by atoms with Gasteiger partial charge in [0.2, 0.25) is 0 Å². The number of hydrogen-bond acceptors (Lipinski definition) is 3. The van der Waals surface area contributed by atoms with E-state index in [0.717, 1.165) is 42.6 Å². The summed E-state index contributed by atoms with van der Waals surface area (Å²) < 4.78 is 2.76. The van der Waals surface area contributed by atoms with Crippen LogP contribution in [0.1, 0.15) is 29.0 Å². The molecule has 94 valence electrons. The summed E-state index contributed by atoms with van der Waals surface area (Å²) in [7, 11) is 3.48. The second kappa shape index (κ2) is 5.18. The quantitative estimate of drug-likeness (QED) is 0.849. The van der Waals surface area contributed by atoms with E-state index in [1.807, 2.05) is 4.68 Å². The first-order valence-corrected chi connectivity index (χ1v) is 6.58. The van der Waals surface area contributed by atoms with Crippen LogP contribution in [-0.2, 0) is 13.1 Å². The van der Waals surface area contributed by atoms with Crippen LogP contribution in [-0.4, -0.2) is 41.2 Å². The maximum atomic E-state index is 12.0. The first-order valence-electron chi connectivity index (χ1n) is 5.79. The molecule has 1 aliphatic rings. The molecule has 0 saturated heterocycles. The maximum Gasteiger partial charge on any atom is 0.275 e. The van der Waals surface area contributed by atoms with Crippen LogP contribution in [0.2, 0.25) is 0 Å². The molecule has 1 aromatic heterocycles. The minimum atomic E-state index is -0.0591. The summed E-state index contributed by atoms with van der Waals surface area (Å²) in [6.07, 6.45) is 2.23. The zero-order chi connectivity index (χ0) is 12.4. The van der Waals surface area contributed by atoms with E-state index >= 15 is 0 Å². The zero-order valence-corrected chi connectivity index (χ0v) is 11.7. The highest BCUT2D eigenvalue weighted by molar-refractivity contribution is 9.10. The second-order valence-electron chi connectivity index (χ2n) is 4.42. The third-order valence-corrected chi connectivity index (χ3v) is 3.70. The number of nitrogens with one attached hydrogen (secondary N) is 1. The van der Waals surface area contributed by atoms with Crippen LogP contribution in [0.5, 0.6) is 0 Å². The van der Waals surface area contributed by atoms with Crippen LogP contribution in [0.15, 0.2) is 4.47 Å². The highest BCUT2D eigenvalue weighted by Gasteiger charge is 2.22. The molecule has 0 fully saturated rings. The van der Waals surface area contributed by atoms with Gasteiger partial charge in [-0.15, -0.1) is 0 Å². The molecule has 0 atom stereocenters. The van der Waals surface area contributed by atoms with Crippen LogP contribution >= 0.6 is 15.9 Å². The number of nitrogens with zero attached hydrogens (tertiary/aromatic N) is 3. The molecule has 2 rings (SSSR count). The first kappa shape index (κ1) is 12.6. The molecular formula is C11H17BrN4O. The largest absolute Gasteiger partial charge is 0.343 e. The Bertz CT molecular complexity index is 427. The van der Waals surface area contributed by atoms with Crippen LogP contribution in [0.25, 0.3) is 0 Å². The van der Waals surface area contributed by atoms with E-state index in [1.54, 1.807) is 19.0 Å². The van der Waals surface area contributed by atoms with Crippen molar-refractivity contribution in [1.29, 1.82) is 0 Å². The lowest BCUT2D eigenvalue weighted by Gasteiger charge is -2.12. The zero-order valence-electron chi connectivity index (χ0n) is 10.2. The molecule has 1 N–H and O–H groups in total. The molecule has 1 amide bonds. The number of amides is 1. The van der Waals surface area contributed by atoms with Gasteiger partial charge >= 0.3 is 0 Å². The van der Waals surface area contributed by atoms with Gasteiger partial charge in [-0.25, -0.2) is 0 Å². The Morgan fingerprint density at radius 1 is 1.47 bits per heavy atom. The van der Waals surface area contributed by atoms with Gasteiger partial charge in [-0.05, 0) is 35.3 Å². The SMILES string of the molecule is CN(C)C(=O)c1nn2c(c1Br)CNCCCC2. The number of hydrogen-bond donors (Lipinski definition) is 1. The van der Waals surface area contributed by atoms with Gasteiger partial charge in [-0.2, -0.15) is 5.10 Å². The molecule has 17 heavy (non-hydrogen) atoms. The molecule has 5 nitrogen and oxygen atoms in total. The van der Waals surface area contributed by atoms with E-state index in [0.29, 0.717) is 5.69 Å². The Kier molecular flexibility index (Phi) is 3.83. The molecule has 1 aliphatic heterocycles. The summed E-state index contributed by atoms with van der Waals surface area (Å²) in [6.45, 7) is 2.67. The smallest absolute Gasteiger partial charge is 0.275 e. The summed E-state index contributed by atoms with van der Waals surface area (Å²) in [5, 5.41) is 7.76. The molecular weight excluding hydrogens is 284 g/mol. The number of aryl methyl sites for hydroxylation is 1. The van der Waals surface area contributed by atoms with E-state index in [9.17, 15) is 4.79 Å². The van der Waals surface area contributed by atoms with Gasteiger partial charge in [0.25, 0.3) is 5.91 Å². The van der Waals surface area contributed by atoms with Gasteiger partial charge in [0, 0.05) is 27.2 Å². The minimum Gasteiger partial charge on any atom is -0.343 e. The van der Waals surface area contributed by atoms with E-state index in [4.69, 9.17) is 0 Å². The van der Waals surface area contributed by atoms with Crippen molar-refractivity contribution in [2.75, 3.05) is 20.6 Å². The van der Waals surface area contributed by atoms with E-state index in [1.165, 1.54) is 0 Å². The molecule has 0 aliphatic carbocycles. The lowest BCUT2D eigenvalue weighted by molar-refractivity contribution is 0.0820. The summed E-state index contributed by atoms with van der Waals surface area (Å²) in [5.41, 5.74) is 1.57. The molecule has 0 spiro atoms. The van der Waals surface area contributed by atoms with Crippen LogP contribution in [0.3, 0.4) is 0 Å². The van der Waals surface area contributed by atoms with Gasteiger partial charge in [0.15, 0.2) is 5.69 Å². The average molecular weight is 301 g/mol. The van der Waals surface area contributed by atoms with Crippen molar-refractivity contribution in [2.24, 2.45) is 0 Å². The standard InChI is InChI=1S/C11H17BrN4O/c1-15(2)11(17)10-9(12)8-7-13-5-3-4-6-16(8)14-10/h13H,3-7H2,1-2H3. The molecule has 0 aromatic carbocycles. The normalized spacial score (nSPS) is 15.9. The molecule has 1 aromatic rings. The van der Waals surface area contributed by atoms with Gasteiger partial charge in [0.05, 0.1) is 10.2 Å². The van der Waals surface area contributed by atoms with Crippen molar-refractivity contribution in [1.82, 2.24) is 20.0 Å². The van der Waals surface area contributed by atoms with Crippen molar-refractivity contribution >= 4 is 21.8 Å². The molecule has 0 unspecified atom stereocenters. The number of carbonyl (C=O) groups excluding carboxylic acids is 1. The average Bonchev–Trinajstić information content (AvgIpc) is 2.54. The third kappa shape index (κ3) is 2.52. The number of halogens is 1. The van der Waals surface area contributed by atoms with Crippen molar-refractivity contribution in [3.8, 4) is 0 Å². The fourth-order valence-electron chi connectivity index (χ4n) is 1.90. The highest BCUT2D eigenvalue weighted by Crippen LogP contribution is 2.23. The Hall–Kier alpha value is -0.880. The Morgan fingerprint density at radius 3 is 2.94 bits per heavy atom. The van der Waals surface area contributed by atoms with E-state index < -0.39 is 0 Å². The third-order valence-electron chi connectivity index (χ3n) is 2.87. The second-order valence-corrected chi connectivity index (χ2v) is 5.21. The van der Waals surface area contributed by atoms with E-state index in [2.05, 4.69) is 26.3 Å². The predicted octanol–water partition coefficient (Wildman–Crippen LogP) is 1.23. The van der Waals surface area contributed by atoms with Gasteiger partial charge in [-0.3, -0.25) is 9.48 Å². The Morgan fingerprint density at radius 2 is 2.24 bits per heavy atom. The van der Waals surface area contributed by atoms with E-state index in [-0.39, 0.29) is 5.91 Å². The topological polar surface area (TPSA) is 50.2 Å². The first-order chi connectivity index (χ1) is 8.11. The van der Waals surface area contributed by atoms with Crippen LogP contribution in [0.4, 0.5) is 0 Å². The summed E-state index contributed by atoms with van der Waals surface area (Å²) in [4.78, 5) is 13.5. The minimum absolute atomic E-state index is 0.0591. The molecule has 0 saturated carbocycles. The number of fused-ring (bicyclic) bond motifs is 1. The monoisotopic (exact) mass is 300 g/mol. The molecule has 0 radical (unpaired) electrons. The van der Waals surface area contributed by atoms with Crippen molar-refractivity contribution in [2.45, 2.75) is 25.9 Å². The van der Waals surface area contributed by atoms with Crippen LogP contribution < -0.4 is 5.32 Å². The lowest BCUT2D eigenvalue weighted by atomic mass is 10.2. The summed E-state index contributed by atoms with van der Waals surface area (Å²) in [6, 6.07) is 0. The van der Waals surface area contributed by atoms with Crippen LogP contribution in [0, 0.1) is 0 Å². The number of aromatic nitrogens is 2. The van der Waals surface area contributed by atoms with Gasteiger partial charge in [0.1, 0.15) is 0 Å². The van der Waals surface area contributed by atoms with Crippen molar-refractivity contribution in [3.63, 3.8) is 0 Å². The fraction of sp³-hybridized carbons (Fsp3) is 0.636. The molecule has 0 bridgehead atoms. The summed E-state index contributed by atoms with van der Waals surface area (Å²) >= 11 is 3.50. The fourth-order valence-corrected chi connectivity index (χ4v) is 2.49. The maximum absolute atomic E-state index is 12.0. The highest BCUT2D eigenvalue weighted by atomic mass is 79.9. The van der Waals surface area contributed by atoms with Crippen molar-refractivity contribution in [3.05, 3.63) is 15.9 Å². The van der Waals surface area contributed by atoms with Gasteiger partial charge < -0.3 is 10.2 Å². The Labute approximate surface area is 109 Å². The summed E-state index contributed by atoms with van der Waals surface area (Å²) in [5.74, 6) is -0.0591. The predicted molar refractivity (Wildman–Crippen MR) is 68.9 cm³/mol. The van der Waals surface area contributed by atoms with Crippen molar-refractivity contribution < 1.29 is 4.79 Å². The number of carbonyl (C=O) groups is 1. The molecule has 6 heteroatoms. The Balaban J connectivity index is 2.36. The van der Waals surface area contributed by atoms with Gasteiger partial charge in [-0.1, -0.05) is 0 Å². The number of rotatable bonds is 1.